The second-order valence-corrected chi connectivity index (χ2v) is 5.32. The van der Waals surface area contributed by atoms with Gasteiger partial charge in [0.25, 0.3) is 0 Å². The molecule has 0 aromatic heterocycles. The average Bonchev–Trinajstić information content (AvgIpc) is 2.51. The molecule has 22 heavy (non-hydrogen) atoms. The summed E-state index contributed by atoms with van der Waals surface area (Å²) in [6, 6.07) is 4.20. The predicted octanol–water partition coefficient (Wildman–Crippen LogP) is 2.21. The molecule has 0 spiro atoms. The third-order valence-corrected chi connectivity index (χ3v) is 3.66. The largest absolute Gasteiger partial charge is 0.496 e. The normalized spacial score (nSPS) is 13.1. The summed E-state index contributed by atoms with van der Waals surface area (Å²) < 4.78 is 15.8. The number of rotatable bonds is 7. The van der Waals surface area contributed by atoms with Crippen LogP contribution in [0.4, 0.5) is 0 Å². The molecule has 1 rings (SSSR count). The first-order valence-electron chi connectivity index (χ1n) is 6.77. The summed E-state index contributed by atoms with van der Waals surface area (Å²) in [5, 5.41) is 2.63. The number of benzene rings is 1. The van der Waals surface area contributed by atoms with Crippen molar-refractivity contribution in [2.75, 3.05) is 20.8 Å². The highest BCUT2D eigenvalue weighted by molar-refractivity contribution is 9.10. The van der Waals surface area contributed by atoms with Gasteiger partial charge in [-0.1, -0.05) is 6.07 Å². The first-order chi connectivity index (χ1) is 10.4. The van der Waals surface area contributed by atoms with Gasteiger partial charge in [0.2, 0.25) is 5.91 Å². The molecular weight excluding hydrogens is 354 g/mol. The number of carbonyl (C=O) groups is 2. The van der Waals surface area contributed by atoms with Crippen molar-refractivity contribution < 1.29 is 23.8 Å². The highest BCUT2D eigenvalue weighted by atomic mass is 79.9. The molecule has 1 aromatic rings. The van der Waals surface area contributed by atoms with Crippen LogP contribution in [0, 0.1) is 0 Å². The second-order valence-electron chi connectivity index (χ2n) is 4.47. The first-order valence-corrected chi connectivity index (χ1v) is 7.57. The van der Waals surface area contributed by atoms with E-state index in [-0.39, 0.29) is 6.61 Å². The summed E-state index contributed by atoms with van der Waals surface area (Å²) in [7, 11) is 2.97. The van der Waals surface area contributed by atoms with Crippen LogP contribution in [0.25, 0.3) is 0 Å². The third-order valence-electron chi connectivity index (χ3n) is 3.04. The van der Waals surface area contributed by atoms with Gasteiger partial charge in [-0.15, -0.1) is 0 Å². The van der Waals surface area contributed by atoms with Crippen molar-refractivity contribution in [3.05, 3.63) is 28.2 Å². The summed E-state index contributed by atoms with van der Waals surface area (Å²) in [6.45, 7) is 3.53. The molecule has 1 aromatic carbocycles. The second kappa shape index (κ2) is 8.75. The zero-order chi connectivity index (χ0) is 16.7. The number of methoxy groups -OCH3 is 2. The van der Waals surface area contributed by atoms with E-state index in [2.05, 4.69) is 21.2 Å². The van der Waals surface area contributed by atoms with Crippen molar-refractivity contribution in [3.8, 4) is 5.75 Å². The average molecular weight is 374 g/mol. The maximum absolute atomic E-state index is 12.1. The molecule has 0 saturated heterocycles. The van der Waals surface area contributed by atoms with Crippen molar-refractivity contribution in [2.24, 2.45) is 0 Å². The van der Waals surface area contributed by atoms with Gasteiger partial charge in [0.1, 0.15) is 11.9 Å². The van der Waals surface area contributed by atoms with Crippen LogP contribution in [0.15, 0.2) is 22.7 Å². The zero-order valence-corrected chi connectivity index (χ0v) is 14.6. The van der Waals surface area contributed by atoms with E-state index in [0.717, 1.165) is 0 Å². The van der Waals surface area contributed by atoms with E-state index < -0.39 is 24.0 Å². The van der Waals surface area contributed by atoms with Crippen LogP contribution in [0.3, 0.4) is 0 Å². The van der Waals surface area contributed by atoms with E-state index in [9.17, 15) is 9.59 Å². The monoisotopic (exact) mass is 373 g/mol. The number of hydrogen-bond acceptors (Lipinski definition) is 5. The number of esters is 1. The van der Waals surface area contributed by atoms with Crippen LogP contribution in [-0.4, -0.2) is 38.8 Å². The SMILES string of the molecule is CCOC(=O)C(NC(=O)C(C)OC)c1ccc(OC)c(Br)c1. The quantitative estimate of drug-likeness (QED) is 0.741. The Morgan fingerprint density at radius 1 is 1.32 bits per heavy atom. The van der Waals surface area contributed by atoms with Crippen LogP contribution in [0.1, 0.15) is 25.5 Å². The summed E-state index contributed by atoms with van der Waals surface area (Å²) in [5.74, 6) is -0.299. The fourth-order valence-corrected chi connectivity index (χ4v) is 2.29. The Hall–Kier alpha value is -1.60. The molecule has 0 aliphatic heterocycles. The van der Waals surface area contributed by atoms with Crippen LogP contribution >= 0.6 is 15.9 Å². The highest BCUT2D eigenvalue weighted by Gasteiger charge is 2.26. The lowest BCUT2D eigenvalue weighted by molar-refractivity contribution is -0.148. The summed E-state index contributed by atoms with van der Waals surface area (Å²) in [4.78, 5) is 24.1. The Morgan fingerprint density at radius 2 is 2.00 bits per heavy atom. The maximum atomic E-state index is 12.1. The highest BCUT2D eigenvalue weighted by Crippen LogP contribution is 2.28. The molecule has 0 saturated carbocycles. The van der Waals surface area contributed by atoms with Gasteiger partial charge < -0.3 is 19.5 Å². The molecular formula is C15H20BrNO5. The molecule has 122 valence electrons. The van der Waals surface area contributed by atoms with Gasteiger partial charge in [-0.05, 0) is 47.5 Å². The number of halogens is 1. The van der Waals surface area contributed by atoms with E-state index in [1.54, 1.807) is 39.2 Å². The van der Waals surface area contributed by atoms with Gasteiger partial charge >= 0.3 is 5.97 Å². The first kappa shape index (κ1) is 18.4. The molecule has 0 radical (unpaired) electrons. The number of ether oxygens (including phenoxy) is 3. The Labute approximate surface area is 138 Å². The standard InChI is InChI=1S/C15H20BrNO5/c1-5-22-15(19)13(17-14(18)9(2)20-3)10-6-7-12(21-4)11(16)8-10/h6-9,13H,5H2,1-4H3,(H,17,18). The molecule has 6 nitrogen and oxygen atoms in total. The minimum Gasteiger partial charge on any atom is -0.496 e. The van der Waals surface area contributed by atoms with Gasteiger partial charge in [0.05, 0.1) is 18.2 Å². The number of hydrogen-bond donors (Lipinski definition) is 1. The minimum atomic E-state index is -0.910. The van der Waals surface area contributed by atoms with E-state index in [1.165, 1.54) is 7.11 Å². The van der Waals surface area contributed by atoms with E-state index in [0.29, 0.717) is 15.8 Å². The molecule has 0 aliphatic carbocycles. The Morgan fingerprint density at radius 3 is 2.50 bits per heavy atom. The van der Waals surface area contributed by atoms with Gasteiger partial charge in [0, 0.05) is 7.11 Å². The van der Waals surface area contributed by atoms with Gasteiger partial charge in [0.15, 0.2) is 6.04 Å². The van der Waals surface area contributed by atoms with E-state index >= 15 is 0 Å². The maximum Gasteiger partial charge on any atom is 0.333 e. The lowest BCUT2D eigenvalue weighted by atomic mass is 10.1. The Balaban J connectivity index is 3.07. The lowest BCUT2D eigenvalue weighted by Gasteiger charge is -2.20. The molecule has 2 unspecified atom stereocenters. The lowest BCUT2D eigenvalue weighted by Crippen LogP contribution is -2.40. The molecule has 1 amide bonds. The topological polar surface area (TPSA) is 73.9 Å². The fourth-order valence-electron chi connectivity index (χ4n) is 1.73. The van der Waals surface area contributed by atoms with Crippen LogP contribution in [0.5, 0.6) is 5.75 Å². The van der Waals surface area contributed by atoms with Gasteiger partial charge in [-0.25, -0.2) is 4.79 Å². The summed E-state index contributed by atoms with van der Waals surface area (Å²) in [6.07, 6.45) is -0.668. The van der Waals surface area contributed by atoms with Crippen molar-refractivity contribution >= 4 is 27.8 Å². The van der Waals surface area contributed by atoms with Crippen LogP contribution in [-0.2, 0) is 19.1 Å². The molecule has 7 heteroatoms. The van der Waals surface area contributed by atoms with Crippen molar-refractivity contribution in [1.82, 2.24) is 5.32 Å². The number of amides is 1. The molecule has 2 atom stereocenters. The van der Waals surface area contributed by atoms with Crippen molar-refractivity contribution in [1.29, 1.82) is 0 Å². The van der Waals surface area contributed by atoms with E-state index in [1.807, 2.05) is 0 Å². The van der Waals surface area contributed by atoms with Crippen molar-refractivity contribution in [3.63, 3.8) is 0 Å². The number of carbonyl (C=O) groups excluding carboxylic acids is 2. The van der Waals surface area contributed by atoms with Crippen LogP contribution in [0.2, 0.25) is 0 Å². The molecule has 0 heterocycles. The summed E-state index contributed by atoms with van der Waals surface area (Å²) >= 11 is 3.36. The molecule has 0 bridgehead atoms. The third kappa shape index (κ3) is 4.71. The summed E-state index contributed by atoms with van der Waals surface area (Å²) in [5.41, 5.74) is 0.586. The van der Waals surface area contributed by atoms with Crippen LogP contribution < -0.4 is 10.1 Å². The predicted molar refractivity (Wildman–Crippen MR) is 84.7 cm³/mol. The molecule has 0 fully saturated rings. The number of nitrogens with one attached hydrogen (secondary N) is 1. The van der Waals surface area contributed by atoms with E-state index in [4.69, 9.17) is 14.2 Å². The van der Waals surface area contributed by atoms with Gasteiger partial charge in [-0.3, -0.25) is 4.79 Å². The molecule has 0 aliphatic rings. The minimum absolute atomic E-state index is 0.225. The Kier molecular flexibility index (Phi) is 7.34. The Bertz CT molecular complexity index is 535. The smallest absolute Gasteiger partial charge is 0.333 e. The molecule has 1 N–H and O–H groups in total. The zero-order valence-electron chi connectivity index (χ0n) is 13.0. The van der Waals surface area contributed by atoms with Crippen molar-refractivity contribution in [2.45, 2.75) is 26.0 Å². The van der Waals surface area contributed by atoms with Gasteiger partial charge in [-0.2, -0.15) is 0 Å². The fraction of sp³-hybridized carbons (Fsp3) is 0.467.